The van der Waals surface area contributed by atoms with Gasteiger partial charge in [0, 0.05) is 36.5 Å². The summed E-state index contributed by atoms with van der Waals surface area (Å²) in [6, 6.07) is 10.8. The molecule has 1 amide bonds. The van der Waals surface area contributed by atoms with Crippen molar-refractivity contribution in [3.8, 4) is 5.75 Å². The van der Waals surface area contributed by atoms with Crippen molar-refractivity contribution in [3.05, 3.63) is 58.5 Å². The van der Waals surface area contributed by atoms with Gasteiger partial charge in [-0.05, 0) is 76.8 Å². The van der Waals surface area contributed by atoms with Crippen LogP contribution in [0.4, 0.5) is 0 Å². The molecule has 4 rings (SSSR count). The van der Waals surface area contributed by atoms with Gasteiger partial charge in [-0.25, -0.2) is 9.50 Å². The van der Waals surface area contributed by atoms with Crippen molar-refractivity contribution in [3.63, 3.8) is 0 Å². The number of aryl methyl sites for hydroxylation is 2. The number of carbonyl (C=O) groups excluding carboxylic acids is 1. The van der Waals surface area contributed by atoms with E-state index in [1.165, 1.54) is 5.56 Å². The number of hydrogen-bond acceptors (Lipinski definition) is 5. The largest absolute Gasteiger partial charge is 0.497 e. The van der Waals surface area contributed by atoms with E-state index in [9.17, 15) is 4.79 Å². The van der Waals surface area contributed by atoms with Gasteiger partial charge in [0.15, 0.2) is 5.65 Å². The Labute approximate surface area is 196 Å². The van der Waals surface area contributed by atoms with Crippen LogP contribution in [0.5, 0.6) is 5.75 Å². The van der Waals surface area contributed by atoms with Crippen LogP contribution in [0.15, 0.2) is 30.3 Å². The third-order valence-corrected chi connectivity index (χ3v) is 6.46. The van der Waals surface area contributed by atoms with Crippen LogP contribution in [-0.4, -0.2) is 45.1 Å². The number of carbonyl (C=O) groups is 1. The quantitative estimate of drug-likeness (QED) is 0.559. The molecule has 1 N–H and O–H groups in total. The number of methoxy groups -OCH3 is 1. The first-order chi connectivity index (χ1) is 15.9. The highest BCUT2D eigenvalue weighted by Gasteiger charge is 2.29. The zero-order valence-corrected chi connectivity index (χ0v) is 20.4. The van der Waals surface area contributed by atoms with Gasteiger partial charge in [-0.3, -0.25) is 9.69 Å². The Morgan fingerprint density at radius 3 is 2.85 bits per heavy atom. The standard InChI is InChI=1S/C26H35N5O2/c1-17(2)27-26(32)12-11-22-18(3)28-25-15-23(29-31(25)19(22)4)24-10-7-13-30(24)16-20-8-6-9-21(14-20)33-5/h6,8-9,14-15,17,24H,7,10-13,16H2,1-5H3,(H,27,32)/t24-/m1/s1. The number of benzene rings is 1. The van der Waals surface area contributed by atoms with Crippen molar-refractivity contribution in [2.45, 2.75) is 72.0 Å². The fraction of sp³-hybridized carbons (Fsp3) is 0.500. The number of nitrogens with zero attached hydrogens (tertiary/aromatic N) is 4. The predicted octanol–water partition coefficient (Wildman–Crippen LogP) is 4.15. The fourth-order valence-corrected chi connectivity index (χ4v) is 4.86. The van der Waals surface area contributed by atoms with Crippen LogP contribution in [0.25, 0.3) is 5.65 Å². The minimum Gasteiger partial charge on any atom is -0.497 e. The number of aromatic nitrogens is 3. The second-order valence-electron chi connectivity index (χ2n) is 9.30. The molecule has 33 heavy (non-hydrogen) atoms. The molecular weight excluding hydrogens is 414 g/mol. The van der Waals surface area contributed by atoms with Crippen molar-refractivity contribution >= 4 is 11.6 Å². The van der Waals surface area contributed by atoms with Gasteiger partial charge in [0.1, 0.15) is 5.75 Å². The molecule has 3 aromatic rings. The smallest absolute Gasteiger partial charge is 0.220 e. The molecule has 0 radical (unpaired) electrons. The van der Waals surface area contributed by atoms with E-state index in [-0.39, 0.29) is 18.0 Å². The van der Waals surface area contributed by atoms with Crippen LogP contribution >= 0.6 is 0 Å². The van der Waals surface area contributed by atoms with Crippen LogP contribution in [0.3, 0.4) is 0 Å². The Kier molecular flexibility index (Phi) is 6.98. The summed E-state index contributed by atoms with van der Waals surface area (Å²) in [4.78, 5) is 19.5. The fourth-order valence-electron chi connectivity index (χ4n) is 4.86. The summed E-state index contributed by atoms with van der Waals surface area (Å²) in [6.45, 7) is 9.99. The summed E-state index contributed by atoms with van der Waals surface area (Å²) in [6.07, 6.45) is 3.37. The average Bonchev–Trinajstić information content (AvgIpc) is 3.40. The molecule has 0 aliphatic carbocycles. The Balaban J connectivity index is 1.55. The van der Waals surface area contributed by atoms with Gasteiger partial charge in [-0.15, -0.1) is 0 Å². The summed E-state index contributed by atoms with van der Waals surface area (Å²) in [5.74, 6) is 0.963. The lowest BCUT2D eigenvalue weighted by Gasteiger charge is -2.23. The minimum absolute atomic E-state index is 0.0733. The van der Waals surface area contributed by atoms with E-state index in [1.807, 2.05) is 37.4 Å². The molecule has 1 aliphatic rings. The number of hydrogen-bond donors (Lipinski definition) is 1. The molecule has 7 nitrogen and oxygen atoms in total. The number of amides is 1. The highest BCUT2D eigenvalue weighted by atomic mass is 16.5. The maximum atomic E-state index is 12.2. The van der Waals surface area contributed by atoms with Gasteiger partial charge in [0.05, 0.1) is 18.8 Å². The maximum absolute atomic E-state index is 12.2. The Morgan fingerprint density at radius 2 is 2.09 bits per heavy atom. The molecule has 1 atom stereocenters. The minimum atomic E-state index is 0.0733. The van der Waals surface area contributed by atoms with Gasteiger partial charge >= 0.3 is 0 Å². The van der Waals surface area contributed by atoms with Gasteiger partial charge in [0.25, 0.3) is 0 Å². The Morgan fingerprint density at radius 1 is 1.27 bits per heavy atom. The van der Waals surface area contributed by atoms with E-state index >= 15 is 0 Å². The molecule has 3 heterocycles. The lowest BCUT2D eigenvalue weighted by Crippen LogP contribution is -2.30. The van der Waals surface area contributed by atoms with Gasteiger partial charge in [-0.1, -0.05) is 12.1 Å². The number of nitrogens with one attached hydrogen (secondary N) is 1. The van der Waals surface area contributed by atoms with E-state index in [0.717, 1.165) is 60.0 Å². The summed E-state index contributed by atoms with van der Waals surface area (Å²) >= 11 is 0. The van der Waals surface area contributed by atoms with Crippen molar-refractivity contribution in [2.24, 2.45) is 0 Å². The number of likely N-dealkylation sites (tertiary alicyclic amines) is 1. The topological polar surface area (TPSA) is 71.8 Å². The second-order valence-corrected chi connectivity index (χ2v) is 9.30. The monoisotopic (exact) mass is 449 g/mol. The number of fused-ring (bicyclic) bond motifs is 1. The molecule has 1 fully saturated rings. The van der Waals surface area contributed by atoms with Gasteiger partial charge in [-0.2, -0.15) is 5.10 Å². The first-order valence-electron chi connectivity index (χ1n) is 11.9. The Hall–Kier alpha value is -2.93. The molecule has 1 aromatic carbocycles. The van der Waals surface area contributed by atoms with Crippen molar-refractivity contribution in [1.82, 2.24) is 24.8 Å². The molecule has 7 heteroatoms. The molecule has 0 saturated carbocycles. The van der Waals surface area contributed by atoms with E-state index < -0.39 is 0 Å². The van der Waals surface area contributed by atoms with Crippen LogP contribution in [0.1, 0.15) is 67.4 Å². The van der Waals surface area contributed by atoms with Crippen LogP contribution in [0, 0.1) is 13.8 Å². The lowest BCUT2D eigenvalue weighted by molar-refractivity contribution is -0.121. The van der Waals surface area contributed by atoms with Crippen molar-refractivity contribution in [1.29, 1.82) is 0 Å². The van der Waals surface area contributed by atoms with E-state index in [0.29, 0.717) is 12.8 Å². The third-order valence-electron chi connectivity index (χ3n) is 6.46. The molecule has 176 valence electrons. The van der Waals surface area contributed by atoms with Gasteiger partial charge < -0.3 is 10.1 Å². The van der Waals surface area contributed by atoms with Crippen LogP contribution < -0.4 is 10.1 Å². The molecule has 0 spiro atoms. The highest BCUT2D eigenvalue weighted by molar-refractivity contribution is 5.76. The first kappa shape index (κ1) is 23.2. The summed E-state index contributed by atoms with van der Waals surface area (Å²) in [5.41, 5.74) is 6.35. The number of ether oxygens (including phenoxy) is 1. The Bertz CT molecular complexity index is 1140. The van der Waals surface area contributed by atoms with E-state index in [1.54, 1.807) is 7.11 Å². The highest BCUT2D eigenvalue weighted by Crippen LogP contribution is 2.33. The van der Waals surface area contributed by atoms with Crippen LogP contribution in [0.2, 0.25) is 0 Å². The summed E-state index contributed by atoms with van der Waals surface area (Å²) in [5, 5.41) is 7.95. The van der Waals surface area contributed by atoms with Crippen molar-refractivity contribution in [2.75, 3.05) is 13.7 Å². The zero-order valence-electron chi connectivity index (χ0n) is 20.4. The average molecular weight is 450 g/mol. The number of rotatable bonds is 8. The third kappa shape index (κ3) is 5.19. The summed E-state index contributed by atoms with van der Waals surface area (Å²) < 4.78 is 7.35. The summed E-state index contributed by atoms with van der Waals surface area (Å²) in [7, 11) is 1.71. The molecular formula is C26H35N5O2. The van der Waals surface area contributed by atoms with E-state index in [2.05, 4.69) is 35.3 Å². The van der Waals surface area contributed by atoms with Gasteiger partial charge in [0.2, 0.25) is 5.91 Å². The SMILES string of the molecule is COc1cccc(CN2CCC[C@@H]2c2cc3nc(C)c(CCC(=O)NC(C)C)c(C)n3n2)c1. The molecule has 0 unspecified atom stereocenters. The predicted molar refractivity (Wildman–Crippen MR) is 129 cm³/mol. The lowest BCUT2D eigenvalue weighted by atomic mass is 10.1. The first-order valence-corrected chi connectivity index (χ1v) is 11.9. The van der Waals surface area contributed by atoms with E-state index in [4.69, 9.17) is 14.8 Å². The zero-order chi connectivity index (χ0) is 23.5. The second kappa shape index (κ2) is 9.91. The molecule has 0 bridgehead atoms. The maximum Gasteiger partial charge on any atom is 0.220 e. The molecule has 2 aromatic heterocycles. The molecule has 1 aliphatic heterocycles. The normalized spacial score (nSPS) is 16.6. The van der Waals surface area contributed by atoms with Crippen LogP contribution in [-0.2, 0) is 17.8 Å². The van der Waals surface area contributed by atoms with Crippen molar-refractivity contribution < 1.29 is 9.53 Å². The molecule has 1 saturated heterocycles.